The average Bonchev–Trinajstić information content (AvgIpc) is 3.36. The van der Waals surface area contributed by atoms with E-state index >= 15 is 0 Å². The minimum atomic E-state index is -0.742. The third kappa shape index (κ3) is 6.76. The minimum Gasteiger partial charge on any atom is -0.493 e. The summed E-state index contributed by atoms with van der Waals surface area (Å²) in [6, 6.07) is 13.6. The topological polar surface area (TPSA) is 120 Å². The van der Waals surface area contributed by atoms with Crippen molar-refractivity contribution < 1.29 is 19.1 Å². The number of tetrazole rings is 1. The normalized spacial score (nSPS) is 11.6. The van der Waals surface area contributed by atoms with Gasteiger partial charge in [0.05, 0.1) is 13.7 Å². The second kappa shape index (κ2) is 11.6. The predicted octanol–water partition coefficient (Wildman–Crippen LogP) is 2.35. The predicted molar refractivity (Wildman–Crippen MR) is 121 cm³/mol. The molecule has 0 radical (unpaired) electrons. The monoisotopic (exact) mass is 452 g/mol. The number of methoxy groups -OCH3 is 1. The van der Waals surface area contributed by atoms with E-state index in [0.29, 0.717) is 36.0 Å². The zero-order valence-electron chi connectivity index (χ0n) is 18.9. The highest BCUT2D eigenvalue weighted by molar-refractivity contribution is 5.96. The number of nitrogens with zero attached hydrogens (tertiary/aromatic N) is 4. The average molecular weight is 453 g/mol. The fourth-order valence-electron chi connectivity index (χ4n) is 3.06. The van der Waals surface area contributed by atoms with Crippen molar-refractivity contribution in [1.82, 2.24) is 31.1 Å². The zero-order chi connectivity index (χ0) is 23.6. The lowest BCUT2D eigenvalue weighted by Gasteiger charge is -2.17. The first-order chi connectivity index (χ1) is 16.0. The summed E-state index contributed by atoms with van der Waals surface area (Å²) in [7, 11) is 1.51. The molecule has 0 bridgehead atoms. The summed E-state index contributed by atoms with van der Waals surface area (Å²) in [4.78, 5) is 25.5. The van der Waals surface area contributed by atoms with Crippen LogP contribution in [0.15, 0.2) is 54.9 Å². The van der Waals surface area contributed by atoms with Gasteiger partial charge in [-0.25, -0.2) is 4.68 Å². The van der Waals surface area contributed by atoms with Crippen LogP contribution in [0.2, 0.25) is 0 Å². The van der Waals surface area contributed by atoms with E-state index in [9.17, 15) is 9.59 Å². The van der Waals surface area contributed by atoms with Crippen LogP contribution in [0.1, 0.15) is 42.2 Å². The molecule has 174 valence electrons. The van der Waals surface area contributed by atoms with Gasteiger partial charge in [-0.1, -0.05) is 44.2 Å². The Morgan fingerprint density at radius 1 is 1.06 bits per heavy atom. The van der Waals surface area contributed by atoms with Crippen molar-refractivity contribution in [2.75, 3.05) is 13.7 Å². The molecular weight excluding hydrogens is 424 g/mol. The zero-order valence-corrected chi connectivity index (χ0v) is 18.9. The summed E-state index contributed by atoms with van der Waals surface area (Å²) >= 11 is 0. The van der Waals surface area contributed by atoms with Gasteiger partial charge in [0.2, 0.25) is 0 Å². The molecule has 0 fully saturated rings. The molecule has 10 heteroatoms. The lowest BCUT2D eigenvalue weighted by molar-refractivity contribution is -0.125. The molecule has 3 aromatic rings. The number of hydrazine groups is 1. The van der Waals surface area contributed by atoms with Gasteiger partial charge in [-0.3, -0.25) is 20.4 Å². The fraction of sp³-hybridized carbons (Fsp3) is 0.348. The summed E-state index contributed by atoms with van der Waals surface area (Å²) in [5.74, 6) is 0.558. The highest BCUT2D eigenvalue weighted by Gasteiger charge is 2.23. The SMILES string of the molecule is COc1cc(C(=O)NNC(=O)C(Cc2ccccc2)n2cnnn2)ccc1OCCC(C)C. The van der Waals surface area contributed by atoms with E-state index in [0.717, 1.165) is 12.0 Å². The van der Waals surface area contributed by atoms with Gasteiger partial charge in [0.15, 0.2) is 11.5 Å². The second-order valence-electron chi connectivity index (χ2n) is 7.84. The number of carbonyl (C=O) groups is 2. The Morgan fingerprint density at radius 3 is 2.52 bits per heavy atom. The van der Waals surface area contributed by atoms with Gasteiger partial charge in [0.25, 0.3) is 11.8 Å². The van der Waals surface area contributed by atoms with Crippen LogP contribution in [0.3, 0.4) is 0 Å². The molecule has 0 spiro atoms. The van der Waals surface area contributed by atoms with Gasteiger partial charge in [-0.2, -0.15) is 0 Å². The molecule has 0 saturated carbocycles. The van der Waals surface area contributed by atoms with Gasteiger partial charge in [0, 0.05) is 12.0 Å². The van der Waals surface area contributed by atoms with Crippen molar-refractivity contribution in [2.45, 2.75) is 32.7 Å². The van der Waals surface area contributed by atoms with E-state index in [-0.39, 0.29) is 0 Å². The van der Waals surface area contributed by atoms with Crippen LogP contribution in [-0.4, -0.2) is 45.7 Å². The highest BCUT2D eigenvalue weighted by atomic mass is 16.5. The van der Waals surface area contributed by atoms with Crippen LogP contribution < -0.4 is 20.3 Å². The van der Waals surface area contributed by atoms with Crippen LogP contribution in [0.5, 0.6) is 11.5 Å². The number of nitrogens with one attached hydrogen (secondary N) is 2. The summed E-state index contributed by atoms with van der Waals surface area (Å²) in [5, 5.41) is 11.1. The van der Waals surface area contributed by atoms with Gasteiger partial charge < -0.3 is 9.47 Å². The lowest BCUT2D eigenvalue weighted by Crippen LogP contribution is -2.45. The molecule has 1 aromatic heterocycles. The van der Waals surface area contributed by atoms with Gasteiger partial charge in [-0.15, -0.1) is 5.10 Å². The fourth-order valence-corrected chi connectivity index (χ4v) is 3.06. The van der Waals surface area contributed by atoms with Crippen LogP contribution in [0.25, 0.3) is 0 Å². The van der Waals surface area contributed by atoms with Crippen molar-refractivity contribution in [3.05, 3.63) is 66.0 Å². The van der Waals surface area contributed by atoms with E-state index in [4.69, 9.17) is 9.47 Å². The van der Waals surface area contributed by atoms with Crippen molar-refractivity contribution in [3.8, 4) is 11.5 Å². The van der Waals surface area contributed by atoms with Crippen molar-refractivity contribution >= 4 is 11.8 Å². The van der Waals surface area contributed by atoms with Crippen LogP contribution in [0, 0.1) is 5.92 Å². The molecule has 3 rings (SSSR count). The number of amides is 2. The molecule has 0 aliphatic heterocycles. The van der Waals surface area contributed by atoms with Crippen LogP contribution >= 0.6 is 0 Å². The van der Waals surface area contributed by atoms with E-state index in [2.05, 4.69) is 40.2 Å². The first-order valence-corrected chi connectivity index (χ1v) is 10.7. The van der Waals surface area contributed by atoms with E-state index in [1.807, 2.05) is 30.3 Å². The minimum absolute atomic E-state index is 0.311. The summed E-state index contributed by atoms with van der Waals surface area (Å²) in [6.07, 6.45) is 2.62. The Kier molecular flexibility index (Phi) is 8.34. The number of carbonyl (C=O) groups excluding carboxylic acids is 2. The molecule has 0 saturated heterocycles. The Hall–Kier alpha value is -3.95. The molecular formula is C23H28N6O4. The molecule has 2 N–H and O–H groups in total. The van der Waals surface area contributed by atoms with Crippen molar-refractivity contribution in [2.24, 2.45) is 5.92 Å². The van der Waals surface area contributed by atoms with Gasteiger partial charge in [0.1, 0.15) is 12.4 Å². The Morgan fingerprint density at radius 2 is 1.85 bits per heavy atom. The van der Waals surface area contributed by atoms with Gasteiger partial charge in [-0.05, 0) is 46.5 Å². The van der Waals surface area contributed by atoms with Crippen LogP contribution in [0.4, 0.5) is 0 Å². The molecule has 1 atom stereocenters. The maximum Gasteiger partial charge on any atom is 0.269 e. The molecule has 33 heavy (non-hydrogen) atoms. The maximum absolute atomic E-state index is 12.8. The number of hydrogen-bond donors (Lipinski definition) is 2. The van der Waals surface area contributed by atoms with Crippen molar-refractivity contribution in [1.29, 1.82) is 0 Å². The third-order valence-corrected chi connectivity index (χ3v) is 4.94. The molecule has 10 nitrogen and oxygen atoms in total. The summed E-state index contributed by atoms with van der Waals surface area (Å²) < 4.78 is 12.5. The number of aromatic nitrogens is 4. The Labute approximate surface area is 192 Å². The quantitative estimate of drug-likeness (QED) is 0.453. The lowest BCUT2D eigenvalue weighted by atomic mass is 10.1. The van der Waals surface area contributed by atoms with Crippen LogP contribution in [-0.2, 0) is 11.2 Å². The third-order valence-electron chi connectivity index (χ3n) is 4.94. The summed E-state index contributed by atoms with van der Waals surface area (Å²) in [6.45, 7) is 4.79. The molecule has 1 unspecified atom stereocenters. The first-order valence-electron chi connectivity index (χ1n) is 10.7. The molecule has 1 heterocycles. The first kappa shape index (κ1) is 23.7. The summed E-state index contributed by atoms with van der Waals surface area (Å²) in [5.41, 5.74) is 6.14. The second-order valence-corrected chi connectivity index (χ2v) is 7.84. The molecule has 0 aliphatic rings. The maximum atomic E-state index is 12.8. The Balaban J connectivity index is 1.64. The molecule has 0 aliphatic carbocycles. The van der Waals surface area contributed by atoms with E-state index in [1.54, 1.807) is 18.2 Å². The number of benzene rings is 2. The standard InChI is InChI=1S/C23H28N6O4/c1-16(2)11-12-33-20-10-9-18(14-21(20)32-3)22(30)25-26-23(31)19(29-15-24-27-28-29)13-17-7-5-4-6-8-17/h4-10,14-16,19H,11-13H2,1-3H3,(H,25,30)(H,26,31). The smallest absolute Gasteiger partial charge is 0.269 e. The number of rotatable bonds is 10. The largest absolute Gasteiger partial charge is 0.493 e. The Bertz CT molecular complexity index is 1040. The highest BCUT2D eigenvalue weighted by Crippen LogP contribution is 2.28. The van der Waals surface area contributed by atoms with Gasteiger partial charge >= 0.3 is 0 Å². The van der Waals surface area contributed by atoms with E-state index < -0.39 is 17.9 Å². The molecule has 2 aromatic carbocycles. The molecule has 2 amide bonds. The number of ether oxygens (including phenoxy) is 2. The number of hydrogen-bond acceptors (Lipinski definition) is 7. The van der Waals surface area contributed by atoms with Crippen molar-refractivity contribution in [3.63, 3.8) is 0 Å². The van der Waals surface area contributed by atoms with E-state index in [1.165, 1.54) is 18.1 Å².